The molecular formula is C9H11F2N3O4S. The maximum Gasteiger partial charge on any atom is 0.327 e. The molecule has 1 aromatic carbocycles. The van der Waals surface area contributed by atoms with Crippen LogP contribution in [0.5, 0.6) is 0 Å². The first kappa shape index (κ1) is 15.2. The lowest BCUT2D eigenvalue weighted by atomic mass is 10.2. The Hall–Kier alpha value is -1.81. The number of sulfonamides is 1. The van der Waals surface area contributed by atoms with Crippen molar-refractivity contribution in [1.82, 2.24) is 4.72 Å². The molecule has 2 N–H and O–H groups in total. The maximum absolute atomic E-state index is 13.2. The van der Waals surface area contributed by atoms with E-state index in [1.54, 1.807) is 0 Å². The maximum atomic E-state index is 13.2. The van der Waals surface area contributed by atoms with Gasteiger partial charge in [0.2, 0.25) is 15.8 Å². The zero-order valence-corrected chi connectivity index (χ0v) is 10.6. The van der Waals surface area contributed by atoms with Crippen LogP contribution in [0.1, 0.15) is 0 Å². The highest BCUT2D eigenvalue weighted by Crippen LogP contribution is 2.28. The van der Waals surface area contributed by atoms with Crippen LogP contribution in [-0.4, -0.2) is 32.7 Å². The first-order chi connectivity index (χ1) is 8.70. The largest absolute Gasteiger partial charge is 0.378 e. The number of benzene rings is 1. The second kappa shape index (κ2) is 5.89. The monoisotopic (exact) mass is 295 g/mol. The molecule has 0 aliphatic heterocycles. The molecule has 0 amide bonds. The molecule has 1 rings (SSSR count). The number of nitrogens with zero attached hydrogens (tertiary/aromatic N) is 1. The number of nitro benzene ring substituents is 1. The first-order valence-corrected chi connectivity index (χ1v) is 6.92. The van der Waals surface area contributed by atoms with Gasteiger partial charge in [0.05, 0.1) is 11.2 Å². The van der Waals surface area contributed by atoms with Gasteiger partial charge in [-0.1, -0.05) is 0 Å². The molecule has 1 aromatic rings. The second-order valence-electron chi connectivity index (χ2n) is 3.63. The van der Waals surface area contributed by atoms with Crippen molar-refractivity contribution in [1.29, 1.82) is 0 Å². The van der Waals surface area contributed by atoms with E-state index in [1.807, 2.05) is 0 Å². The molecule has 7 nitrogen and oxygen atoms in total. The fourth-order valence-electron chi connectivity index (χ4n) is 1.32. The number of halogens is 2. The van der Waals surface area contributed by atoms with Crippen LogP contribution >= 0.6 is 0 Å². The SMILES string of the molecule is CS(=O)(=O)NCCNc1cc(F)cc(F)c1[N+](=O)[O-]. The lowest BCUT2D eigenvalue weighted by Crippen LogP contribution is -2.27. The minimum atomic E-state index is -3.39. The van der Waals surface area contributed by atoms with Crippen molar-refractivity contribution in [3.63, 3.8) is 0 Å². The molecule has 10 heteroatoms. The Labute approximate surface area is 107 Å². The average Bonchev–Trinajstić information content (AvgIpc) is 2.21. The Morgan fingerprint density at radius 1 is 1.32 bits per heavy atom. The summed E-state index contributed by atoms with van der Waals surface area (Å²) in [6.45, 7) is -0.134. The number of hydrogen-bond acceptors (Lipinski definition) is 5. The van der Waals surface area contributed by atoms with Crippen molar-refractivity contribution in [2.45, 2.75) is 0 Å². The highest BCUT2D eigenvalue weighted by molar-refractivity contribution is 7.88. The summed E-state index contributed by atoms with van der Waals surface area (Å²) in [4.78, 5) is 9.65. The van der Waals surface area contributed by atoms with Crippen LogP contribution in [0.15, 0.2) is 12.1 Å². The van der Waals surface area contributed by atoms with Crippen molar-refractivity contribution in [3.05, 3.63) is 33.9 Å². The summed E-state index contributed by atoms with van der Waals surface area (Å²) in [5.74, 6) is -2.27. The summed E-state index contributed by atoms with van der Waals surface area (Å²) >= 11 is 0. The minimum absolute atomic E-state index is 0.0587. The van der Waals surface area contributed by atoms with Crippen LogP contribution in [0.4, 0.5) is 20.2 Å². The van der Waals surface area contributed by atoms with E-state index < -0.39 is 32.3 Å². The van der Waals surface area contributed by atoms with Crippen LogP contribution in [0.2, 0.25) is 0 Å². The fourth-order valence-corrected chi connectivity index (χ4v) is 1.79. The number of hydrogen-bond donors (Lipinski definition) is 2. The predicted molar refractivity (Wildman–Crippen MR) is 64.3 cm³/mol. The molecule has 0 aromatic heterocycles. The zero-order valence-electron chi connectivity index (χ0n) is 9.81. The van der Waals surface area contributed by atoms with Gasteiger partial charge in [-0.2, -0.15) is 4.39 Å². The highest BCUT2D eigenvalue weighted by atomic mass is 32.2. The van der Waals surface area contributed by atoms with Gasteiger partial charge in [-0.05, 0) is 0 Å². The standard InChI is InChI=1S/C9H11F2N3O4S/c1-19(17,18)13-3-2-12-8-5-6(10)4-7(11)9(8)14(15)16/h4-5,12-13H,2-3H2,1H3. The average molecular weight is 295 g/mol. The molecule has 0 fully saturated rings. The van der Waals surface area contributed by atoms with Crippen molar-refractivity contribution < 1.29 is 22.1 Å². The molecule has 0 heterocycles. The molecule has 0 atom stereocenters. The van der Waals surface area contributed by atoms with Crippen molar-refractivity contribution in [3.8, 4) is 0 Å². The summed E-state index contributed by atoms with van der Waals surface area (Å²) < 4.78 is 49.8. The molecule has 0 saturated carbocycles. The van der Waals surface area contributed by atoms with E-state index in [-0.39, 0.29) is 18.8 Å². The predicted octanol–water partition coefficient (Wildman–Crippen LogP) is 0.834. The number of nitro groups is 1. The third-order valence-corrected chi connectivity index (χ3v) is 2.74. The van der Waals surface area contributed by atoms with E-state index in [0.717, 1.165) is 12.3 Å². The Bertz CT molecular complexity index is 591. The Morgan fingerprint density at radius 2 is 1.95 bits per heavy atom. The van der Waals surface area contributed by atoms with E-state index in [9.17, 15) is 27.3 Å². The van der Waals surface area contributed by atoms with Crippen molar-refractivity contribution in [2.24, 2.45) is 0 Å². The fraction of sp³-hybridized carbons (Fsp3) is 0.333. The van der Waals surface area contributed by atoms with E-state index in [2.05, 4.69) is 10.0 Å². The molecule has 0 aliphatic rings. The number of rotatable bonds is 6. The van der Waals surface area contributed by atoms with Gasteiger partial charge >= 0.3 is 5.69 Å². The molecule has 0 bridgehead atoms. The lowest BCUT2D eigenvalue weighted by molar-refractivity contribution is -0.386. The van der Waals surface area contributed by atoms with Crippen molar-refractivity contribution >= 4 is 21.4 Å². The van der Waals surface area contributed by atoms with Gasteiger partial charge in [0.1, 0.15) is 11.5 Å². The first-order valence-electron chi connectivity index (χ1n) is 5.02. The topological polar surface area (TPSA) is 101 Å². The van der Waals surface area contributed by atoms with Crippen LogP contribution in [0.3, 0.4) is 0 Å². The molecule has 0 spiro atoms. The van der Waals surface area contributed by atoms with E-state index in [0.29, 0.717) is 6.07 Å². The quantitative estimate of drug-likeness (QED) is 0.460. The van der Waals surface area contributed by atoms with Crippen LogP contribution in [0.25, 0.3) is 0 Å². The molecule has 0 unspecified atom stereocenters. The lowest BCUT2D eigenvalue weighted by Gasteiger charge is -2.08. The summed E-state index contributed by atoms with van der Waals surface area (Å²) in [5, 5.41) is 13.0. The molecule has 0 radical (unpaired) electrons. The van der Waals surface area contributed by atoms with Crippen molar-refractivity contribution in [2.75, 3.05) is 24.7 Å². The third kappa shape index (κ3) is 4.75. The molecule has 106 valence electrons. The summed E-state index contributed by atoms with van der Waals surface area (Å²) in [6.07, 6.45) is 0.942. The molecular weight excluding hydrogens is 284 g/mol. The Morgan fingerprint density at radius 3 is 2.47 bits per heavy atom. The molecule has 0 saturated heterocycles. The molecule has 0 aliphatic carbocycles. The van der Waals surface area contributed by atoms with E-state index in [4.69, 9.17) is 0 Å². The van der Waals surface area contributed by atoms with Gasteiger partial charge in [-0.3, -0.25) is 10.1 Å². The normalized spacial score (nSPS) is 11.3. The summed E-state index contributed by atoms with van der Waals surface area (Å²) in [7, 11) is -3.39. The van der Waals surface area contributed by atoms with Gasteiger partial charge in [-0.25, -0.2) is 17.5 Å². The zero-order chi connectivity index (χ0) is 14.6. The smallest absolute Gasteiger partial charge is 0.327 e. The van der Waals surface area contributed by atoms with Gasteiger partial charge in [0, 0.05) is 25.2 Å². The van der Waals surface area contributed by atoms with E-state index >= 15 is 0 Å². The summed E-state index contributed by atoms with van der Waals surface area (Å²) in [6, 6.07) is 1.17. The van der Waals surface area contributed by atoms with Gasteiger partial charge in [-0.15, -0.1) is 0 Å². The second-order valence-corrected chi connectivity index (χ2v) is 5.47. The minimum Gasteiger partial charge on any atom is -0.378 e. The Kier molecular flexibility index (Phi) is 4.72. The summed E-state index contributed by atoms with van der Waals surface area (Å²) in [5.41, 5.74) is -1.24. The highest BCUT2D eigenvalue weighted by Gasteiger charge is 2.21. The van der Waals surface area contributed by atoms with Crippen LogP contribution < -0.4 is 10.0 Å². The Balaban J connectivity index is 2.80. The number of anilines is 1. The van der Waals surface area contributed by atoms with Gasteiger partial charge in [0.25, 0.3) is 0 Å². The van der Waals surface area contributed by atoms with Crippen LogP contribution in [0, 0.1) is 21.7 Å². The van der Waals surface area contributed by atoms with E-state index in [1.165, 1.54) is 0 Å². The van der Waals surface area contributed by atoms with Crippen LogP contribution in [-0.2, 0) is 10.0 Å². The third-order valence-electron chi connectivity index (χ3n) is 2.02. The van der Waals surface area contributed by atoms with Gasteiger partial charge in [0.15, 0.2) is 0 Å². The number of nitrogens with one attached hydrogen (secondary N) is 2. The van der Waals surface area contributed by atoms with Gasteiger partial charge < -0.3 is 5.32 Å². The molecule has 19 heavy (non-hydrogen) atoms.